The van der Waals surface area contributed by atoms with E-state index < -0.39 is 17.1 Å². The maximum Gasteiger partial charge on any atom is 0.227 e. The minimum Gasteiger partial charge on any atom is -0.502 e. The third kappa shape index (κ3) is 3.91. The van der Waals surface area contributed by atoms with Crippen LogP contribution in [-0.2, 0) is 17.8 Å². The Hall–Kier alpha value is -4.59. The van der Waals surface area contributed by atoms with Crippen molar-refractivity contribution >= 4 is 27.8 Å². The number of hydrogen-bond donors (Lipinski definition) is 2. The number of nitrogens with one attached hydrogen (secondary N) is 1. The van der Waals surface area contributed by atoms with E-state index in [1.54, 1.807) is 36.1 Å². The van der Waals surface area contributed by atoms with Crippen LogP contribution in [0.2, 0.25) is 0 Å². The highest BCUT2D eigenvalue weighted by Gasteiger charge is 2.32. The first-order valence-electron chi connectivity index (χ1n) is 12.1. The number of carbonyl (C=O) groups excluding carboxylic acids is 1. The molecule has 3 aromatic heterocycles. The zero-order valence-electron chi connectivity index (χ0n) is 20.1. The summed E-state index contributed by atoms with van der Waals surface area (Å²) in [4.78, 5) is 44.6. The fourth-order valence-electron chi connectivity index (χ4n) is 5.25. The largest absolute Gasteiger partial charge is 0.502 e. The summed E-state index contributed by atoms with van der Waals surface area (Å²) >= 11 is 0. The maximum absolute atomic E-state index is 13.6. The van der Waals surface area contributed by atoms with Crippen LogP contribution in [0.4, 0.5) is 0 Å². The number of rotatable bonds is 4. The molecule has 2 N–H and O–H groups in total. The SMILES string of the molecule is Cc1cc(=O)c(O)c([C@@H](CC(=O)N2CCc3c([nH]c4ccccc34)C2)c2coc3ccccc3c2=O)o1. The Kier molecular flexibility index (Phi) is 5.44. The van der Waals surface area contributed by atoms with Gasteiger partial charge in [0.25, 0.3) is 0 Å². The molecule has 0 saturated carbocycles. The summed E-state index contributed by atoms with van der Waals surface area (Å²) in [5.41, 5.74) is 2.76. The Morgan fingerprint density at radius 1 is 1.11 bits per heavy atom. The summed E-state index contributed by atoms with van der Waals surface area (Å²) in [6.07, 6.45) is 1.80. The van der Waals surface area contributed by atoms with Gasteiger partial charge in [-0.05, 0) is 37.1 Å². The number of aromatic nitrogens is 1. The van der Waals surface area contributed by atoms with E-state index in [2.05, 4.69) is 11.1 Å². The zero-order valence-corrected chi connectivity index (χ0v) is 20.1. The van der Waals surface area contributed by atoms with Crippen LogP contribution in [0.5, 0.6) is 5.75 Å². The van der Waals surface area contributed by atoms with Crippen molar-refractivity contribution in [3.8, 4) is 5.75 Å². The molecule has 6 rings (SSSR count). The molecule has 0 spiro atoms. The van der Waals surface area contributed by atoms with Gasteiger partial charge in [-0.3, -0.25) is 14.4 Å². The molecule has 8 nitrogen and oxygen atoms in total. The fourth-order valence-corrected chi connectivity index (χ4v) is 5.25. The Bertz CT molecular complexity index is 1790. The van der Waals surface area contributed by atoms with Crippen molar-refractivity contribution in [2.75, 3.05) is 6.54 Å². The number of aromatic hydroxyl groups is 1. The maximum atomic E-state index is 13.6. The Labute approximate surface area is 210 Å². The first kappa shape index (κ1) is 22.8. The van der Waals surface area contributed by atoms with Crippen molar-refractivity contribution in [3.05, 3.63) is 110 Å². The van der Waals surface area contributed by atoms with Crippen molar-refractivity contribution < 1.29 is 18.7 Å². The molecule has 1 atom stereocenters. The predicted octanol–water partition coefficient (Wildman–Crippen LogP) is 4.35. The van der Waals surface area contributed by atoms with Gasteiger partial charge in [0.1, 0.15) is 11.3 Å². The molecule has 1 amide bonds. The van der Waals surface area contributed by atoms with Gasteiger partial charge < -0.3 is 23.8 Å². The van der Waals surface area contributed by atoms with Crippen molar-refractivity contribution in [1.29, 1.82) is 0 Å². The van der Waals surface area contributed by atoms with E-state index >= 15 is 0 Å². The average molecular weight is 497 g/mol. The summed E-state index contributed by atoms with van der Waals surface area (Å²) in [6.45, 7) is 2.48. The van der Waals surface area contributed by atoms with E-state index in [9.17, 15) is 19.5 Å². The Morgan fingerprint density at radius 3 is 2.70 bits per heavy atom. The number of aryl methyl sites for hydroxylation is 1. The molecule has 186 valence electrons. The molecule has 0 saturated heterocycles. The molecule has 8 heteroatoms. The van der Waals surface area contributed by atoms with Crippen molar-refractivity contribution in [2.24, 2.45) is 0 Å². The van der Waals surface area contributed by atoms with E-state index in [0.29, 0.717) is 30.5 Å². The molecular weight excluding hydrogens is 472 g/mol. The summed E-state index contributed by atoms with van der Waals surface area (Å²) < 4.78 is 11.5. The van der Waals surface area contributed by atoms with Crippen LogP contribution in [0, 0.1) is 6.92 Å². The van der Waals surface area contributed by atoms with Gasteiger partial charge in [0, 0.05) is 41.2 Å². The lowest BCUT2D eigenvalue weighted by atomic mass is 9.91. The summed E-state index contributed by atoms with van der Waals surface area (Å²) in [5.74, 6) is -1.71. The molecule has 0 fully saturated rings. The summed E-state index contributed by atoms with van der Waals surface area (Å²) in [5, 5.41) is 12.1. The molecule has 2 aromatic carbocycles. The van der Waals surface area contributed by atoms with Crippen LogP contribution in [0.25, 0.3) is 21.9 Å². The lowest BCUT2D eigenvalue weighted by molar-refractivity contribution is -0.132. The molecule has 4 heterocycles. The highest BCUT2D eigenvalue weighted by atomic mass is 16.4. The summed E-state index contributed by atoms with van der Waals surface area (Å²) in [6, 6.07) is 16.0. The van der Waals surface area contributed by atoms with E-state index in [-0.39, 0.29) is 34.8 Å². The van der Waals surface area contributed by atoms with Crippen LogP contribution in [0.3, 0.4) is 0 Å². The molecule has 5 aromatic rings. The predicted molar refractivity (Wildman–Crippen MR) is 138 cm³/mol. The number of para-hydroxylation sites is 2. The highest BCUT2D eigenvalue weighted by molar-refractivity contribution is 5.86. The van der Waals surface area contributed by atoms with E-state index in [1.165, 1.54) is 17.9 Å². The number of benzene rings is 2. The Morgan fingerprint density at radius 2 is 1.86 bits per heavy atom. The first-order valence-corrected chi connectivity index (χ1v) is 12.1. The van der Waals surface area contributed by atoms with Gasteiger partial charge in [0.15, 0.2) is 11.2 Å². The number of carbonyl (C=O) groups is 1. The van der Waals surface area contributed by atoms with E-state index in [0.717, 1.165) is 16.6 Å². The lowest BCUT2D eigenvalue weighted by Gasteiger charge is -2.28. The number of H-pyrrole nitrogens is 1. The smallest absolute Gasteiger partial charge is 0.227 e. The minimum atomic E-state index is -1.01. The molecule has 0 aliphatic carbocycles. The van der Waals surface area contributed by atoms with Gasteiger partial charge in [-0.2, -0.15) is 0 Å². The standard InChI is InChI=1S/C29H24N2O6/c1-16-12-24(32)28(35)29(37-16)20(21-15-36-25-9-5-3-7-19(25)27(21)34)13-26(33)31-11-10-18-17-6-2-4-8-22(17)30-23(18)14-31/h2-9,12,15,20,30,35H,10-11,13-14H2,1H3/t20-/m0/s1. The number of hydrogen-bond acceptors (Lipinski definition) is 6. The fraction of sp³-hybridized carbons (Fsp3) is 0.207. The number of fused-ring (bicyclic) bond motifs is 4. The van der Waals surface area contributed by atoms with Gasteiger partial charge in [-0.15, -0.1) is 0 Å². The minimum absolute atomic E-state index is 0.121. The van der Waals surface area contributed by atoms with Gasteiger partial charge in [0.05, 0.1) is 24.1 Å². The molecule has 1 aliphatic rings. The highest BCUT2D eigenvalue weighted by Crippen LogP contribution is 2.34. The topological polar surface area (TPSA) is 117 Å². The number of aromatic amines is 1. The molecule has 37 heavy (non-hydrogen) atoms. The third-order valence-electron chi connectivity index (χ3n) is 7.08. The van der Waals surface area contributed by atoms with Crippen LogP contribution in [0.1, 0.15) is 40.7 Å². The third-order valence-corrected chi connectivity index (χ3v) is 7.08. The van der Waals surface area contributed by atoms with Gasteiger partial charge >= 0.3 is 0 Å². The second-order valence-corrected chi connectivity index (χ2v) is 9.40. The van der Waals surface area contributed by atoms with Gasteiger partial charge in [0.2, 0.25) is 17.1 Å². The molecule has 0 unspecified atom stereocenters. The second-order valence-electron chi connectivity index (χ2n) is 9.40. The van der Waals surface area contributed by atoms with Crippen LogP contribution < -0.4 is 10.9 Å². The van der Waals surface area contributed by atoms with Gasteiger partial charge in [-0.1, -0.05) is 30.3 Å². The van der Waals surface area contributed by atoms with Crippen molar-refractivity contribution in [2.45, 2.75) is 32.2 Å². The zero-order chi connectivity index (χ0) is 25.7. The second kappa shape index (κ2) is 8.81. The summed E-state index contributed by atoms with van der Waals surface area (Å²) in [7, 11) is 0. The quantitative estimate of drug-likeness (QED) is 0.382. The van der Waals surface area contributed by atoms with Crippen molar-refractivity contribution in [3.63, 3.8) is 0 Å². The molecule has 1 aliphatic heterocycles. The molecule has 0 radical (unpaired) electrons. The van der Waals surface area contributed by atoms with E-state index in [1.807, 2.05) is 18.2 Å². The lowest BCUT2D eigenvalue weighted by Crippen LogP contribution is -2.37. The Balaban J connectivity index is 1.40. The van der Waals surface area contributed by atoms with Crippen LogP contribution >= 0.6 is 0 Å². The number of nitrogens with zero attached hydrogens (tertiary/aromatic N) is 1. The van der Waals surface area contributed by atoms with Crippen LogP contribution in [0.15, 0.2) is 79.3 Å². The van der Waals surface area contributed by atoms with E-state index in [4.69, 9.17) is 8.83 Å². The molecular formula is C29H24N2O6. The normalized spacial score (nSPS) is 14.1. The monoisotopic (exact) mass is 496 g/mol. The average Bonchev–Trinajstić information content (AvgIpc) is 3.28. The molecule has 0 bridgehead atoms. The first-order chi connectivity index (χ1) is 17.9. The van der Waals surface area contributed by atoms with Crippen LogP contribution in [-0.4, -0.2) is 27.4 Å². The van der Waals surface area contributed by atoms with Crippen molar-refractivity contribution in [1.82, 2.24) is 9.88 Å². The number of amides is 1. The van der Waals surface area contributed by atoms with Gasteiger partial charge in [-0.25, -0.2) is 0 Å².